The van der Waals surface area contributed by atoms with E-state index in [1.807, 2.05) is 0 Å². The van der Waals surface area contributed by atoms with E-state index in [1.165, 1.54) is 43.5 Å². The van der Waals surface area contributed by atoms with Gasteiger partial charge in [0.05, 0.1) is 17.6 Å². The molecule has 1 amide bonds. The fourth-order valence-corrected chi connectivity index (χ4v) is 2.45. The Kier molecular flexibility index (Phi) is 5.90. The lowest BCUT2D eigenvalue weighted by atomic mass is 10.2. The summed E-state index contributed by atoms with van der Waals surface area (Å²) in [4.78, 5) is 23.5. The maximum atomic E-state index is 13.5. The van der Waals surface area contributed by atoms with Crippen molar-refractivity contribution in [1.82, 2.24) is 0 Å². The van der Waals surface area contributed by atoms with Crippen LogP contribution >= 0.6 is 0 Å². The lowest BCUT2D eigenvalue weighted by Crippen LogP contribution is -2.21. The van der Waals surface area contributed by atoms with Gasteiger partial charge < -0.3 is 14.8 Å². The van der Waals surface area contributed by atoms with E-state index in [2.05, 4.69) is 5.32 Å². The first kappa shape index (κ1) is 19.3. The molecule has 8 nitrogen and oxygen atoms in total. The molecule has 0 unspecified atom stereocenters. The Hall–Kier alpha value is -2.98. The third-order valence-electron chi connectivity index (χ3n) is 3.19. The van der Waals surface area contributed by atoms with E-state index < -0.39 is 34.3 Å². The highest BCUT2D eigenvalue weighted by Crippen LogP contribution is 2.18. The van der Waals surface area contributed by atoms with E-state index >= 15 is 0 Å². The van der Waals surface area contributed by atoms with Crippen LogP contribution in [-0.4, -0.2) is 34.0 Å². The Labute approximate surface area is 148 Å². The Bertz CT molecular complexity index is 928. The number of hydrogen-bond acceptors (Lipinski definition) is 6. The van der Waals surface area contributed by atoms with Crippen LogP contribution in [0, 0.1) is 5.82 Å². The number of methoxy groups -OCH3 is 1. The number of nitrogens with one attached hydrogen (secondary N) is 1. The molecule has 0 aromatic heterocycles. The van der Waals surface area contributed by atoms with Crippen LogP contribution in [0.25, 0.3) is 0 Å². The van der Waals surface area contributed by atoms with Gasteiger partial charge in [-0.1, -0.05) is 0 Å². The number of halogens is 1. The highest BCUT2D eigenvalue weighted by molar-refractivity contribution is 7.89. The number of benzene rings is 2. The maximum Gasteiger partial charge on any atom is 0.338 e. The van der Waals surface area contributed by atoms with Crippen molar-refractivity contribution in [2.45, 2.75) is 4.90 Å². The quantitative estimate of drug-likeness (QED) is 0.725. The minimum atomic E-state index is -3.83. The van der Waals surface area contributed by atoms with Crippen LogP contribution in [-0.2, 0) is 19.6 Å². The highest BCUT2D eigenvalue weighted by atomic mass is 32.2. The lowest BCUT2D eigenvalue weighted by molar-refractivity contribution is -0.119. The van der Waals surface area contributed by atoms with Gasteiger partial charge in [0.1, 0.15) is 0 Å². The first-order valence-corrected chi connectivity index (χ1v) is 8.68. The SMILES string of the molecule is COc1ccc(C(=O)OCC(=O)Nc2ccc(S(N)(=O)=O)cc2)cc1F. The zero-order chi connectivity index (χ0) is 19.3. The van der Waals surface area contributed by atoms with Crippen molar-refractivity contribution in [2.24, 2.45) is 5.14 Å². The second-order valence-electron chi connectivity index (χ2n) is 5.04. The van der Waals surface area contributed by atoms with Crippen LogP contribution < -0.4 is 15.2 Å². The summed E-state index contributed by atoms with van der Waals surface area (Å²) >= 11 is 0. The normalized spacial score (nSPS) is 10.9. The number of amides is 1. The number of hydrogen-bond donors (Lipinski definition) is 2. The Morgan fingerprint density at radius 3 is 2.35 bits per heavy atom. The molecular weight excluding hydrogens is 367 g/mol. The van der Waals surface area contributed by atoms with E-state index in [0.717, 1.165) is 6.07 Å². The molecule has 2 rings (SSSR count). The molecule has 0 spiro atoms. The number of carbonyl (C=O) groups is 2. The van der Waals surface area contributed by atoms with Crippen LogP contribution in [0.5, 0.6) is 5.75 Å². The van der Waals surface area contributed by atoms with Crippen molar-refractivity contribution in [3.05, 3.63) is 53.8 Å². The topological polar surface area (TPSA) is 125 Å². The van der Waals surface area contributed by atoms with E-state index in [1.54, 1.807) is 0 Å². The molecule has 2 aromatic carbocycles. The second-order valence-corrected chi connectivity index (χ2v) is 6.60. The van der Waals surface area contributed by atoms with E-state index in [-0.39, 0.29) is 21.9 Å². The van der Waals surface area contributed by atoms with Crippen molar-refractivity contribution in [2.75, 3.05) is 19.0 Å². The van der Waals surface area contributed by atoms with Gasteiger partial charge in [-0.15, -0.1) is 0 Å². The summed E-state index contributed by atoms with van der Waals surface area (Å²) in [5, 5.41) is 7.38. The number of esters is 1. The summed E-state index contributed by atoms with van der Waals surface area (Å²) in [5.74, 6) is -2.30. The molecule has 3 N–H and O–H groups in total. The molecule has 0 aliphatic rings. The first-order valence-electron chi connectivity index (χ1n) is 7.14. The van der Waals surface area contributed by atoms with Gasteiger partial charge in [0.25, 0.3) is 5.91 Å². The first-order chi connectivity index (χ1) is 12.2. The third kappa shape index (κ3) is 5.01. The van der Waals surface area contributed by atoms with Gasteiger partial charge in [-0.2, -0.15) is 0 Å². The fraction of sp³-hybridized carbons (Fsp3) is 0.125. The molecule has 0 atom stereocenters. The number of ether oxygens (including phenoxy) is 2. The number of carbonyl (C=O) groups excluding carboxylic acids is 2. The molecule has 26 heavy (non-hydrogen) atoms. The lowest BCUT2D eigenvalue weighted by Gasteiger charge is -2.08. The minimum absolute atomic E-state index is 0.0257. The van der Waals surface area contributed by atoms with E-state index in [0.29, 0.717) is 0 Å². The van der Waals surface area contributed by atoms with Gasteiger partial charge in [0.15, 0.2) is 18.2 Å². The van der Waals surface area contributed by atoms with Crippen molar-refractivity contribution < 1.29 is 31.9 Å². The molecule has 0 bridgehead atoms. The van der Waals surface area contributed by atoms with Crippen LogP contribution in [0.15, 0.2) is 47.4 Å². The van der Waals surface area contributed by atoms with Gasteiger partial charge in [0, 0.05) is 5.69 Å². The van der Waals surface area contributed by atoms with Crippen LogP contribution in [0.3, 0.4) is 0 Å². The molecular formula is C16H15FN2O6S. The summed E-state index contributed by atoms with van der Waals surface area (Å²) in [7, 11) is -2.54. The molecule has 0 saturated carbocycles. The van der Waals surface area contributed by atoms with Crippen molar-refractivity contribution in [3.8, 4) is 5.75 Å². The van der Waals surface area contributed by atoms with Crippen molar-refractivity contribution in [1.29, 1.82) is 0 Å². The summed E-state index contributed by atoms with van der Waals surface area (Å²) in [5.41, 5.74) is 0.211. The average Bonchev–Trinajstić information content (AvgIpc) is 2.59. The highest BCUT2D eigenvalue weighted by Gasteiger charge is 2.14. The van der Waals surface area contributed by atoms with Gasteiger partial charge in [-0.25, -0.2) is 22.7 Å². The van der Waals surface area contributed by atoms with Gasteiger partial charge in [-0.3, -0.25) is 4.79 Å². The Balaban J connectivity index is 1.92. The number of sulfonamides is 1. The molecule has 0 aliphatic carbocycles. The number of rotatable bonds is 6. The largest absolute Gasteiger partial charge is 0.494 e. The average molecular weight is 382 g/mol. The molecule has 10 heteroatoms. The van der Waals surface area contributed by atoms with Gasteiger partial charge >= 0.3 is 5.97 Å². The minimum Gasteiger partial charge on any atom is -0.494 e. The van der Waals surface area contributed by atoms with E-state index in [9.17, 15) is 22.4 Å². The van der Waals surface area contributed by atoms with Gasteiger partial charge in [0.2, 0.25) is 10.0 Å². The third-order valence-corrected chi connectivity index (χ3v) is 4.12. The molecule has 2 aromatic rings. The molecule has 0 radical (unpaired) electrons. The number of anilines is 1. The fourth-order valence-electron chi connectivity index (χ4n) is 1.93. The van der Waals surface area contributed by atoms with Crippen LogP contribution in [0.1, 0.15) is 10.4 Å². The predicted octanol–water partition coefficient (Wildman–Crippen LogP) is 1.28. The molecule has 0 aliphatic heterocycles. The molecule has 138 valence electrons. The predicted molar refractivity (Wildman–Crippen MR) is 89.7 cm³/mol. The number of nitrogens with two attached hydrogens (primary N) is 1. The maximum absolute atomic E-state index is 13.5. The van der Waals surface area contributed by atoms with E-state index in [4.69, 9.17) is 14.6 Å². The summed E-state index contributed by atoms with van der Waals surface area (Å²) in [6.07, 6.45) is 0. The molecule has 0 heterocycles. The zero-order valence-corrected chi connectivity index (χ0v) is 14.4. The Morgan fingerprint density at radius 2 is 1.81 bits per heavy atom. The van der Waals surface area contributed by atoms with Crippen molar-refractivity contribution >= 4 is 27.6 Å². The molecule has 0 fully saturated rings. The summed E-state index contributed by atoms with van der Waals surface area (Å²) < 4.78 is 45.4. The summed E-state index contributed by atoms with van der Waals surface area (Å²) in [6.45, 7) is -0.608. The monoisotopic (exact) mass is 382 g/mol. The Morgan fingerprint density at radius 1 is 1.15 bits per heavy atom. The second kappa shape index (κ2) is 7.93. The van der Waals surface area contributed by atoms with Crippen LogP contribution in [0.4, 0.5) is 10.1 Å². The summed E-state index contributed by atoms with van der Waals surface area (Å²) in [6, 6.07) is 8.60. The van der Waals surface area contributed by atoms with Gasteiger partial charge in [-0.05, 0) is 42.5 Å². The standard InChI is InChI=1S/C16H15FN2O6S/c1-24-14-7-2-10(8-13(14)17)16(21)25-9-15(20)19-11-3-5-12(6-4-11)26(18,22)23/h2-8H,9H2,1H3,(H,19,20)(H2,18,22,23). The zero-order valence-electron chi connectivity index (χ0n) is 13.6. The number of primary sulfonamides is 1. The van der Waals surface area contributed by atoms with Crippen LogP contribution in [0.2, 0.25) is 0 Å². The van der Waals surface area contributed by atoms with Crippen molar-refractivity contribution in [3.63, 3.8) is 0 Å². The smallest absolute Gasteiger partial charge is 0.338 e. The molecule has 0 saturated heterocycles.